The van der Waals surface area contributed by atoms with E-state index < -0.39 is 0 Å². The molecule has 5 heteroatoms. The van der Waals surface area contributed by atoms with Gasteiger partial charge in [-0.1, -0.05) is 19.4 Å². The average molecular weight is 443 g/mol. The molecule has 1 heterocycles. The van der Waals surface area contributed by atoms with E-state index in [1.807, 2.05) is 13.0 Å². The van der Waals surface area contributed by atoms with Gasteiger partial charge in [0.15, 0.2) is 12.1 Å². The molecule has 0 radical (unpaired) electrons. The molecule has 3 saturated carbocycles. The van der Waals surface area contributed by atoms with Crippen molar-refractivity contribution in [3.63, 3.8) is 0 Å². The normalized spacial score (nSPS) is 42.8. The number of fused-ring (bicyclic) bond motifs is 7. The van der Waals surface area contributed by atoms with Crippen LogP contribution in [-0.2, 0) is 23.8 Å². The Labute approximate surface area is 191 Å². The third-order valence-corrected chi connectivity index (χ3v) is 9.72. The van der Waals surface area contributed by atoms with Crippen LogP contribution < -0.4 is 0 Å². The molecule has 5 aliphatic rings. The number of hydrogen-bond acceptors (Lipinski definition) is 5. The van der Waals surface area contributed by atoms with Crippen LogP contribution in [0.3, 0.4) is 0 Å². The molecule has 0 aromatic rings. The van der Waals surface area contributed by atoms with Gasteiger partial charge in [0.1, 0.15) is 12.4 Å². The van der Waals surface area contributed by atoms with Gasteiger partial charge in [-0.3, -0.25) is 9.59 Å². The van der Waals surface area contributed by atoms with Crippen LogP contribution in [0.1, 0.15) is 79.1 Å². The van der Waals surface area contributed by atoms with Crippen LogP contribution in [0.25, 0.3) is 0 Å². The van der Waals surface area contributed by atoms with Gasteiger partial charge in [-0.05, 0) is 91.6 Å². The van der Waals surface area contributed by atoms with Crippen LogP contribution in [0.5, 0.6) is 0 Å². The highest BCUT2D eigenvalue weighted by atomic mass is 16.7. The Hall–Kier alpha value is -1.62. The molecule has 0 aromatic heterocycles. The van der Waals surface area contributed by atoms with Gasteiger partial charge in [0.2, 0.25) is 0 Å². The maximum atomic E-state index is 12.1. The van der Waals surface area contributed by atoms with Crippen molar-refractivity contribution in [2.24, 2.45) is 34.5 Å². The molecular formula is C27H38O5. The molecule has 0 aromatic carbocycles. The van der Waals surface area contributed by atoms with Crippen molar-refractivity contribution < 1.29 is 23.8 Å². The minimum Gasteiger partial charge on any atom is -0.466 e. The highest BCUT2D eigenvalue weighted by Crippen LogP contribution is 2.69. The summed E-state index contributed by atoms with van der Waals surface area (Å²) in [4.78, 5) is 23.7. The summed E-state index contributed by atoms with van der Waals surface area (Å²) in [7, 11) is 0. The summed E-state index contributed by atoms with van der Waals surface area (Å²) in [6.07, 6.45) is 10.1. The molecule has 176 valence electrons. The van der Waals surface area contributed by atoms with Gasteiger partial charge in [-0.2, -0.15) is 0 Å². The highest BCUT2D eigenvalue weighted by Gasteiger charge is 2.61. The molecule has 5 nitrogen and oxygen atoms in total. The van der Waals surface area contributed by atoms with E-state index >= 15 is 0 Å². The zero-order chi connectivity index (χ0) is 22.7. The molecule has 0 saturated heterocycles. The summed E-state index contributed by atoms with van der Waals surface area (Å²) in [5.41, 5.74) is 3.11. The molecular weight excluding hydrogens is 404 g/mol. The van der Waals surface area contributed by atoms with E-state index in [1.54, 1.807) is 0 Å². The molecule has 4 aliphatic carbocycles. The van der Waals surface area contributed by atoms with Crippen molar-refractivity contribution in [2.45, 2.75) is 85.4 Å². The quantitative estimate of drug-likeness (QED) is 0.550. The van der Waals surface area contributed by atoms with E-state index in [0.29, 0.717) is 42.5 Å². The van der Waals surface area contributed by atoms with Crippen LogP contribution >= 0.6 is 0 Å². The third kappa shape index (κ3) is 3.38. The van der Waals surface area contributed by atoms with Crippen molar-refractivity contribution in [3.05, 3.63) is 23.0 Å². The third-order valence-electron chi connectivity index (χ3n) is 9.72. The van der Waals surface area contributed by atoms with E-state index in [4.69, 9.17) is 14.2 Å². The van der Waals surface area contributed by atoms with E-state index in [9.17, 15) is 9.59 Å². The van der Waals surface area contributed by atoms with Gasteiger partial charge in [0.05, 0.1) is 0 Å². The second-order valence-electron chi connectivity index (χ2n) is 11.2. The number of ether oxygens (including phenoxy) is 3. The fourth-order valence-electron chi connectivity index (χ4n) is 8.37. The molecule has 0 spiro atoms. The molecule has 5 rings (SSSR count). The molecule has 3 fully saturated rings. The monoisotopic (exact) mass is 442 g/mol. The SMILES string of the molecule is CCOC1CC2C[C@H]3[C@@H]4CCC5=CC(=O)CC[C@]5(C)[C@H]4CC[C@]3(C)C2=C(COC(C)=O)O1. The van der Waals surface area contributed by atoms with Gasteiger partial charge < -0.3 is 14.2 Å². The predicted molar refractivity (Wildman–Crippen MR) is 120 cm³/mol. The largest absolute Gasteiger partial charge is 0.466 e. The smallest absolute Gasteiger partial charge is 0.303 e. The molecule has 7 atom stereocenters. The predicted octanol–water partition coefficient (Wildman–Crippen LogP) is 5.34. The maximum Gasteiger partial charge on any atom is 0.303 e. The molecule has 0 N–H and O–H groups in total. The van der Waals surface area contributed by atoms with Gasteiger partial charge in [0, 0.05) is 26.4 Å². The molecule has 1 aliphatic heterocycles. The van der Waals surface area contributed by atoms with Crippen LogP contribution in [0.4, 0.5) is 0 Å². The molecule has 0 amide bonds. The maximum absolute atomic E-state index is 12.1. The summed E-state index contributed by atoms with van der Waals surface area (Å²) < 4.78 is 17.6. The summed E-state index contributed by atoms with van der Waals surface area (Å²) >= 11 is 0. The number of ketones is 1. The average Bonchev–Trinajstić information content (AvgIpc) is 3.05. The summed E-state index contributed by atoms with van der Waals surface area (Å²) in [6, 6.07) is 0. The molecule has 32 heavy (non-hydrogen) atoms. The topological polar surface area (TPSA) is 61.8 Å². The lowest BCUT2D eigenvalue weighted by molar-refractivity contribution is -0.152. The number of carbonyl (C=O) groups excluding carboxylic acids is 2. The van der Waals surface area contributed by atoms with Gasteiger partial charge >= 0.3 is 5.97 Å². The summed E-state index contributed by atoms with van der Waals surface area (Å²) in [6.45, 7) is 9.17. The van der Waals surface area contributed by atoms with E-state index in [0.717, 1.165) is 31.4 Å². The Bertz CT molecular complexity index is 871. The molecule has 0 bridgehead atoms. The van der Waals surface area contributed by atoms with Crippen LogP contribution in [0.2, 0.25) is 0 Å². The minimum atomic E-state index is -0.272. The Kier molecular flexibility index (Phi) is 5.55. The lowest BCUT2D eigenvalue weighted by Crippen LogP contribution is -2.49. The Balaban J connectivity index is 1.48. The second kappa shape index (κ2) is 8.00. The second-order valence-corrected chi connectivity index (χ2v) is 11.2. The van der Waals surface area contributed by atoms with Crippen molar-refractivity contribution in [2.75, 3.05) is 13.2 Å². The number of rotatable bonds is 4. The Morgan fingerprint density at radius 2 is 1.94 bits per heavy atom. The Morgan fingerprint density at radius 3 is 2.69 bits per heavy atom. The Morgan fingerprint density at radius 1 is 1.12 bits per heavy atom. The van der Waals surface area contributed by atoms with E-state index in [2.05, 4.69) is 13.8 Å². The zero-order valence-corrected chi connectivity index (χ0v) is 20.1. The van der Waals surface area contributed by atoms with Gasteiger partial charge in [-0.25, -0.2) is 0 Å². The summed E-state index contributed by atoms with van der Waals surface area (Å²) in [5.74, 6) is 3.31. The minimum absolute atomic E-state index is 0.0978. The van der Waals surface area contributed by atoms with Crippen LogP contribution in [0.15, 0.2) is 23.0 Å². The first-order chi connectivity index (χ1) is 15.3. The fraction of sp³-hybridized carbons (Fsp3) is 0.778. The van der Waals surface area contributed by atoms with E-state index in [-0.39, 0.29) is 29.7 Å². The van der Waals surface area contributed by atoms with Gasteiger partial charge in [-0.15, -0.1) is 0 Å². The number of carbonyl (C=O) groups is 2. The van der Waals surface area contributed by atoms with Crippen LogP contribution in [0, 0.1) is 34.5 Å². The standard InChI is InChI=1S/C27H38O5/c1-5-30-24-13-17-12-22-20-7-6-18-14-19(29)8-10-26(18,3)21(20)9-11-27(22,4)25(17)23(32-24)15-31-16(2)28/h14,17,20-22,24H,5-13,15H2,1-4H3/t17?,20-,21+,22+,24?,26+,27+/m1/s1. The number of hydrogen-bond donors (Lipinski definition) is 0. The first-order valence-corrected chi connectivity index (χ1v) is 12.6. The van der Waals surface area contributed by atoms with Crippen molar-refractivity contribution in [3.8, 4) is 0 Å². The van der Waals surface area contributed by atoms with Crippen LogP contribution in [-0.4, -0.2) is 31.3 Å². The molecule has 2 unspecified atom stereocenters. The first-order valence-electron chi connectivity index (χ1n) is 12.6. The number of allylic oxidation sites excluding steroid dienone is 2. The summed E-state index contributed by atoms with van der Waals surface area (Å²) in [5, 5.41) is 0. The lowest BCUT2D eigenvalue weighted by Gasteiger charge is -2.57. The fourth-order valence-corrected chi connectivity index (χ4v) is 8.37. The lowest BCUT2D eigenvalue weighted by atomic mass is 9.47. The number of esters is 1. The van der Waals surface area contributed by atoms with Crippen molar-refractivity contribution >= 4 is 11.8 Å². The van der Waals surface area contributed by atoms with Crippen molar-refractivity contribution in [1.82, 2.24) is 0 Å². The van der Waals surface area contributed by atoms with Crippen molar-refractivity contribution in [1.29, 1.82) is 0 Å². The van der Waals surface area contributed by atoms with Gasteiger partial charge in [0.25, 0.3) is 0 Å². The zero-order valence-electron chi connectivity index (χ0n) is 20.1. The highest BCUT2D eigenvalue weighted by molar-refractivity contribution is 5.91. The van der Waals surface area contributed by atoms with E-state index in [1.165, 1.54) is 37.3 Å². The first kappa shape index (κ1) is 22.2.